The fraction of sp³-hybridized carbons (Fsp3) is 1.00. The van der Waals surface area contributed by atoms with Crippen LogP contribution in [0.25, 0.3) is 0 Å². The van der Waals surface area contributed by atoms with Crippen molar-refractivity contribution in [1.82, 2.24) is 9.80 Å². The van der Waals surface area contributed by atoms with Crippen LogP contribution in [0.5, 0.6) is 0 Å². The molecule has 2 heterocycles. The first kappa shape index (κ1) is 12.4. The average molecular weight is 224 g/mol. The van der Waals surface area contributed by atoms with Crippen LogP contribution in [0.15, 0.2) is 0 Å². The monoisotopic (exact) mass is 224 g/mol. The van der Waals surface area contributed by atoms with Crippen LogP contribution in [0.4, 0.5) is 0 Å². The van der Waals surface area contributed by atoms with E-state index in [1.165, 1.54) is 64.8 Å². The number of hydrogen-bond donors (Lipinski definition) is 0. The van der Waals surface area contributed by atoms with E-state index in [1.807, 2.05) is 0 Å². The fourth-order valence-electron chi connectivity index (χ4n) is 3.46. The topological polar surface area (TPSA) is 6.48 Å². The highest BCUT2D eigenvalue weighted by Crippen LogP contribution is 2.31. The zero-order valence-corrected chi connectivity index (χ0v) is 11.1. The molecule has 2 fully saturated rings. The molecule has 2 aliphatic rings. The van der Waals surface area contributed by atoms with E-state index in [4.69, 9.17) is 0 Å². The lowest BCUT2D eigenvalue weighted by Crippen LogP contribution is -2.40. The van der Waals surface area contributed by atoms with Gasteiger partial charge in [0, 0.05) is 0 Å². The van der Waals surface area contributed by atoms with Crippen molar-refractivity contribution >= 4 is 0 Å². The number of piperidine rings is 2. The van der Waals surface area contributed by atoms with Crippen molar-refractivity contribution in [3.63, 3.8) is 0 Å². The molecule has 2 saturated heterocycles. The van der Waals surface area contributed by atoms with Crippen LogP contribution in [0.3, 0.4) is 0 Å². The Morgan fingerprint density at radius 1 is 0.875 bits per heavy atom. The van der Waals surface area contributed by atoms with E-state index >= 15 is 0 Å². The summed E-state index contributed by atoms with van der Waals surface area (Å²) in [4.78, 5) is 5.15. The molecule has 0 N–H and O–H groups in total. The Kier molecular flexibility index (Phi) is 4.66. The van der Waals surface area contributed by atoms with Crippen LogP contribution >= 0.6 is 0 Å². The van der Waals surface area contributed by atoms with Gasteiger partial charge >= 0.3 is 0 Å². The fourth-order valence-corrected chi connectivity index (χ4v) is 3.46. The van der Waals surface area contributed by atoms with Crippen LogP contribution in [-0.2, 0) is 0 Å². The van der Waals surface area contributed by atoms with Gasteiger partial charge in [0.25, 0.3) is 0 Å². The molecule has 2 nitrogen and oxygen atoms in total. The zero-order chi connectivity index (χ0) is 11.4. The van der Waals surface area contributed by atoms with Crippen molar-refractivity contribution in [1.29, 1.82) is 0 Å². The summed E-state index contributed by atoms with van der Waals surface area (Å²) in [5.74, 6) is 2.08. The zero-order valence-electron chi connectivity index (χ0n) is 11.1. The molecule has 0 spiro atoms. The lowest BCUT2D eigenvalue weighted by molar-refractivity contribution is 0.105. The second-order valence-corrected chi connectivity index (χ2v) is 5.82. The quantitative estimate of drug-likeness (QED) is 0.726. The van der Waals surface area contributed by atoms with Crippen LogP contribution < -0.4 is 0 Å². The molecule has 0 bridgehead atoms. The molecule has 0 radical (unpaired) electrons. The van der Waals surface area contributed by atoms with E-state index in [-0.39, 0.29) is 0 Å². The molecule has 2 aliphatic heterocycles. The molecule has 94 valence electrons. The minimum atomic E-state index is 1.04. The lowest BCUT2D eigenvalue weighted by Gasteiger charge is -2.39. The molecule has 0 atom stereocenters. The average Bonchev–Trinajstić information content (AvgIpc) is 2.32. The third-order valence-electron chi connectivity index (χ3n) is 4.60. The molecule has 2 rings (SSSR count). The predicted molar refractivity (Wildman–Crippen MR) is 69.7 cm³/mol. The van der Waals surface area contributed by atoms with Crippen LogP contribution in [0.2, 0.25) is 0 Å². The van der Waals surface area contributed by atoms with Gasteiger partial charge in [0.2, 0.25) is 0 Å². The maximum absolute atomic E-state index is 2.66. The molecular formula is C14H28N2. The molecule has 0 aromatic carbocycles. The molecule has 0 aromatic rings. The molecule has 0 saturated carbocycles. The Hall–Kier alpha value is -0.0800. The second-order valence-electron chi connectivity index (χ2n) is 5.82. The highest BCUT2D eigenvalue weighted by molar-refractivity contribution is 4.81. The van der Waals surface area contributed by atoms with E-state index in [9.17, 15) is 0 Å². The Labute approximate surface area is 101 Å². The molecule has 0 amide bonds. The summed E-state index contributed by atoms with van der Waals surface area (Å²) in [6.07, 6.45) is 7.16. The summed E-state index contributed by atoms with van der Waals surface area (Å²) in [6.45, 7) is 9.01. The normalized spacial score (nSPS) is 27.4. The van der Waals surface area contributed by atoms with E-state index in [0.717, 1.165) is 11.8 Å². The molecule has 16 heavy (non-hydrogen) atoms. The van der Waals surface area contributed by atoms with Gasteiger partial charge < -0.3 is 9.80 Å². The minimum Gasteiger partial charge on any atom is -0.306 e. The summed E-state index contributed by atoms with van der Waals surface area (Å²) in [5.41, 5.74) is 0. The van der Waals surface area contributed by atoms with Gasteiger partial charge in [0.05, 0.1) is 0 Å². The van der Waals surface area contributed by atoms with E-state index in [2.05, 4.69) is 23.8 Å². The second kappa shape index (κ2) is 6.02. The van der Waals surface area contributed by atoms with E-state index < -0.39 is 0 Å². The van der Waals surface area contributed by atoms with Crippen molar-refractivity contribution in [2.75, 3.05) is 39.8 Å². The van der Waals surface area contributed by atoms with Gasteiger partial charge in [0.1, 0.15) is 0 Å². The maximum Gasteiger partial charge on any atom is -0.00160 e. The van der Waals surface area contributed by atoms with Crippen molar-refractivity contribution in [3.05, 3.63) is 0 Å². The molecular weight excluding hydrogens is 196 g/mol. The number of hydrogen-bond acceptors (Lipinski definition) is 2. The van der Waals surface area contributed by atoms with Gasteiger partial charge in [-0.2, -0.15) is 0 Å². The van der Waals surface area contributed by atoms with E-state index in [0.29, 0.717) is 0 Å². The third-order valence-corrected chi connectivity index (χ3v) is 4.60. The van der Waals surface area contributed by atoms with Gasteiger partial charge in [-0.05, 0) is 83.7 Å². The number of nitrogens with zero attached hydrogens (tertiary/aromatic N) is 2. The highest BCUT2D eigenvalue weighted by Gasteiger charge is 2.28. The summed E-state index contributed by atoms with van der Waals surface area (Å²) < 4.78 is 0. The standard InChI is InChI=1S/C14H28N2/c1-3-8-16-11-6-14(7-12-16)13-4-9-15(2)10-5-13/h13-14H,3-12H2,1-2H3. The summed E-state index contributed by atoms with van der Waals surface area (Å²) >= 11 is 0. The van der Waals surface area contributed by atoms with Crippen molar-refractivity contribution in [2.45, 2.75) is 39.0 Å². The Balaban J connectivity index is 1.72. The SMILES string of the molecule is CCCN1CCC(C2CCN(C)CC2)CC1. The van der Waals surface area contributed by atoms with Gasteiger partial charge in [-0.15, -0.1) is 0 Å². The molecule has 2 heteroatoms. The van der Waals surface area contributed by atoms with Gasteiger partial charge in [-0.25, -0.2) is 0 Å². The van der Waals surface area contributed by atoms with Gasteiger partial charge in [-0.1, -0.05) is 6.92 Å². The number of likely N-dealkylation sites (tertiary alicyclic amines) is 2. The molecule has 0 aliphatic carbocycles. The summed E-state index contributed by atoms with van der Waals surface area (Å²) in [5, 5.41) is 0. The predicted octanol–water partition coefficient (Wildman–Crippen LogP) is 2.45. The first-order chi connectivity index (χ1) is 7.79. The smallest absolute Gasteiger partial charge is 0.00160 e. The number of rotatable bonds is 3. The van der Waals surface area contributed by atoms with E-state index in [1.54, 1.807) is 0 Å². The van der Waals surface area contributed by atoms with Crippen LogP contribution in [-0.4, -0.2) is 49.6 Å². The highest BCUT2D eigenvalue weighted by atomic mass is 15.1. The van der Waals surface area contributed by atoms with Crippen molar-refractivity contribution < 1.29 is 0 Å². The van der Waals surface area contributed by atoms with Crippen LogP contribution in [0, 0.1) is 11.8 Å². The maximum atomic E-state index is 2.66. The van der Waals surface area contributed by atoms with Gasteiger partial charge in [-0.3, -0.25) is 0 Å². The largest absolute Gasteiger partial charge is 0.306 e. The first-order valence-corrected chi connectivity index (χ1v) is 7.20. The van der Waals surface area contributed by atoms with Crippen LogP contribution in [0.1, 0.15) is 39.0 Å². The molecule has 0 aromatic heterocycles. The van der Waals surface area contributed by atoms with Crippen molar-refractivity contribution in [3.8, 4) is 0 Å². The lowest BCUT2D eigenvalue weighted by atomic mass is 9.79. The first-order valence-electron chi connectivity index (χ1n) is 7.20. The van der Waals surface area contributed by atoms with Gasteiger partial charge in [0.15, 0.2) is 0 Å². The Morgan fingerprint density at radius 3 is 1.88 bits per heavy atom. The summed E-state index contributed by atoms with van der Waals surface area (Å²) in [6, 6.07) is 0. The minimum absolute atomic E-state index is 1.04. The Morgan fingerprint density at radius 2 is 1.38 bits per heavy atom. The van der Waals surface area contributed by atoms with Crippen molar-refractivity contribution in [2.24, 2.45) is 11.8 Å². The summed E-state index contributed by atoms with van der Waals surface area (Å²) in [7, 11) is 2.26. The third kappa shape index (κ3) is 3.21. The Bertz CT molecular complexity index is 189. The molecule has 0 unspecified atom stereocenters.